The molecule has 0 fully saturated rings. The van der Waals surface area contributed by atoms with Gasteiger partial charge in [-0.25, -0.2) is 0 Å². The SMILES string of the molecule is CCOc1ccc(CN(CC)CC(=O)NC(c2ccccc2)c2cccs2)cc1OC. The van der Waals surface area contributed by atoms with Gasteiger partial charge in [0.05, 0.1) is 26.3 Å². The molecular formula is C25H30N2O3S. The average molecular weight is 439 g/mol. The lowest BCUT2D eigenvalue weighted by molar-refractivity contribution is -0.122. The number of benzene rings is 2. The Balaban J connectivity index is 1.67. The van der Waals surface area contributed by atoms with E-state index in [4.69, 9.17) is 9.47 Å². The van der Waals surface area contributed by atoms with E-state index in [2.05, 4.69) is 35.3 Å². The van der Waals surface area contributed by atoms with Gasteiger partial charge in [-0.15, -0.1) is 11.3 Å². The van der Waals surface area contributed by atoms with Gasteiger partial charge in [-0.2, -0.15) is 0 Å². The number of carbonyl (C=O) groups excluding carboxylic acids is 1. The van der Waals surface area contributed by atoms with E-state index in [1.54, 1.807) is 18.4 Å². The van der Waals surface area contributed by atoms with Crippen LogP contribution >= 0.6 is 11.3 Å². The van der Waals surface area contributed by atoms with E-state index in [-0.39, 0.29) is 11.9 Å². The Morgan fingerprint density at radius 1 is 1.06 bits per heavy atom. The number of carbonyl (C=O) groups is 1. The number of thiophene rings is 1. The minimum atomic E-state index is -0.141. The summed E-state index contributed by atoms with van der Waals surface area (Å²) < 4.78 is 11.1. The van der Waals surface area contributed by atoms with E-state index in [0.29, 0.717) is 25.4 Å². The zero-order valence-corrected chi connectivity index (χ0v) is 19.2. The number of likely N-dealkylation sites (N-methyl/N-ethyl adjacent to an activating group) is 1. The minimum Gasteiger partial charge on any atom is -0.493 e. The van der Waals surface area contributed by atoms with Crippen LogP contribution in [0.2, 0.25) is 0 Å². The predicted molar refractivity (Wildman–Crippen MR) is 126 cm³/mol. The third-order valence-electron chi connectivity index (χ3n) is 5.01. The van der Waals surface area contributed by atoms with Crippen molar-refractivity contribution in [2.75, 3.05) is 26.8 Å². The Bertz CT molecular complexity index is 945. The Morgan fingerprint density at radius 3 is 2.52 bits per heavy atom. The molecule has 3 aromatic rings. The molecule has 31 heavy (non-hydrogen) atoms. The predicted octanol–water partition coefficient (Wildman–Crippen LogP) is 4.88. The van der Waals surface area contributed by atoms with Gasteiger partial charge in [0.25, 0.3) is 0 Å². The summed E-state index contributed by atoms with van der Waals surface area (Å²) in [7, 11) is 1.64. The number of nitrogens with zero attached hydrogens (tertiary/aromatic N) is 1. The van der Waals surface area contributed by atoms with Gasteiger partial charge in [0.15, 0.2) is 11.5 Å². The molecule has 0 saturated heterocycles. The number of ether oxygens (including phenoxy) is 2. The van der Waals surface area contributed by atoms with E-state index < -0.39 is 0 Å². The average Bonchev–Trinajstić information content (AvgIpc) is 3.33. The quantitative estimate of drug-likeness (QED) is 0.463. The monoisotopic (exact) mass is 438 g/mol. The molecule has 0 bridgehead atoms. The molecule has 0 aliphatic rings. The lowest BCUT2D eigenvalue weighted by Crippen LogP contribution is -2.38. The van der Waals surface area contributed by atoms with E-state index in [1.807, 2.05) is 54.8 Å². The summed E-state index contributed by atoms with van der Waals surface area (Å²) in [6.07, 6.45) is 0. The molecule has 1 unspecified atom stereocenters. The number of amides is 1. The fraction of sp³-hybridized carbons (Fsp3) is 0.320. The van der Waals surface area contributed by atoms with E-state index in [1.165, 1.54) is 0 Å². The van der Waals surface area contributed by atoms with E-state index in [0.717, 1.165) is 28.3 Å². The standard InChI is InChI=1S/C25H30N2O3S/c1-4-27(17-19-13-14-21(30-5-2)22(16-19)29-3)18-24(28)26-25(23-12-9-15-31-23)20-10-7-6-8-11-20/h6-16,25H,4-5,17-18H2,1-3H3,(H,26,28). The number of hydrogen-bond acceptors (Lipinski definition) is 5. The summed E-state index contributed by atoms with van der Waals surface area (Å²) >= 11 is 1.65. The van der Waals surface area contributed by atoms with Crippen LogP contribution in [-0.4, -0.2) is 37.6 Å². The van der Waals surface area contributed by atoms with Crippen LogP contribution in [0.1, 0.15) is 35.9 Å². The summed E-state index contributed by atoms with van der Waals surface area (Å²) in [6.45, 7) is 6.33. The second kappa shape index (κ2) is 11.5. The van der Waals surface area contributed by atoms with Gasteiger partial charge in [-0.3, -0.25) is 9.69 Å². The van der Waals surface area contributed by atoms with Gasteiger partial charge >= 0.3 is 0 Å². The van der Waals surface area contributed by atoms with Gasteiger partial charge in [-0.05, 0) is 48.2 Å². The molecule has 6 heteroatoms. The van der Waals surface area contributed by atoms with Crippen LogP contribution in [0.3, 0.4) is 0 Å². The highest BCUT2D eigenvalue weighted by molar-refractivity contribution is 7.10. The number of nitrogens with one attached hydrogen (secondary N) is 1. The summed E-state index contributed by atoms with van der Waals surface area (Å²) in [5.74, 6) is 1.44. The first-order chi connectivity index (χ1) is 15.1. The van der Waals surface area contributed by atoms with Gasteiger partial charge < -0.3 is 14.8 Å². The van der Waals surface area contributed by atoms with Gasteiger partial charge in [0.2, 0.25) is 5.91 Å². The second-order valence-corrected chi connectivity index (χ2v) is 8.13. The third-order valence-corrected chi connectivity index (χ3v) is 5.95. The maximum atomic E-state index is 13.0. The fourth-order valence-corrected chi connectivity index (χ4v) is 4.25. The number of rotatable bonds is 11. The van der Waals surface area contributed by atoms with Gasteiger partial charge in [-0.1, -0.05) is 49.4 Å². The van der Waals surface area contributed by atoms with Crippen molar-refractivity contribution in [2.24, 2.45) is 0 Å². The zero-order chi connectivity index (χ0) is 22.1. The maximum absolute atomic E-state index is 13.0. The molecule has 1 N–H and O–H groups in total. The van der Waals surface area contributed by atoms with E-state index >= 15 is 0 Å². The molecule has 0 spiro atoms. The first-order valence-electron chi connectivity index (χ1n) is 10.5. The van der Waals surface area contributed by atoms with Gasteiger partial charge in [0, 0.05) is 11.4 Å². The van der Waals surface area contributed by atoms with Crippen LogP contribution in [0.4, 0.5) is 0 Å². The lowest BCUT2D eigenvalue weighted by Gasteiger charge is -2.23. The Morgan fingerprint density at radius 2 is 1.87 bits per heavy atom. The van der Waals surface area contributed by atoms with Crippen LogP contribution in [0.25, 0.3) is 0 Å². The molecular weight excluding hydrogens is 408 g/mol. The van der Waals surface area contributed by atoms with Crippen LogP contribution < -0.4 is 14.8 Å². The second-order valence-electron chi connectivity index (χ2n) is 7.15. The smallest absolute Gasteiger partial charge is 0.234 e. The summed E-state index contributed by atoms with van der Waals surface area (Å²) in [6, 6.07) is 19.9. The zero-order valence-electron chi connectivity index (χ0n) is 18.3. The normalized spacial score (nSPS) is 11.9. The van der Waals surface area contributed by atoms with E-state index in [9.17, 15) is 4.79 Å². The molecule has 3 rings (SSSR count). The minimum absolute atomic E-state index is 0.00186. The molecule has 0 radical (unpaired) electrons. The largest absolute Gasteiger partial charge is 0.493 e. The Kier molecular flexibility index (Phi) is 8.50. The molecule has 0 saturated carbocycles. The Hall–Kier alpha value is -2.83. The van der Waals surface area contributed by atoms with Crippen LogP contribution in [-0.2, 0) is 11.3 Å². The van der Waals surface area contributed by atoms with Crippen molar-refractivity contribution >= 4 is 17.2 Å². The highest BCUT2D eigenvalue weighted by Crippen LogP contribution is 2.29. The van der Waals surface area contributed by atoms with Crippen molar-refractivity contribution in [1.82, 2.24) is 10.2 Å². The first kappa shape index (κ1) is 22.8. The number of methoxy groups -OCH3 is 1. The van der Waals surface area contributed by atoms with Crippen molar-refractivity contribution in [3.63, 3.8) is 0 Å². The number of hydrogen-bond donors (Lipinski definition) is 1. The van der Waals surface area contributed by atoms with Crippen molar-refractivity contribution < 1.29 is 14.3 Å². The van der Waals surface area contributed by atoms with Crippen molar-refractivity contribution in [3.8, 4) is 11.5 Å². The molecule has 1 atom stereocenters. The van der Waals surface area contributed by atoms with Crippen LogP contribution in [0.5, 0.6) is 11.5 Å². The highest BCUT2D eigenvalue weighted by atomic mass is 32.1. The molecule has 2 aromatic carbocycles. The van der Waals surface area contributed by atoms with Crippen LogP contribution in [0, 0.1) is 0 Å². The lowest BCUT2D eigenvalue weighted by atomic mass is 10.1. The molecule has 0 aliphatic carbocycles. The van der Waals surface area contributed by atoms with Gasteiger partial charge in [0.1, 0.15) is 0 Å². The third kappa shape index (κ3) is 6.32. The molecule has 1 heterocycles. The maximum Gasteiger partial charge on any atom is 0.234 e. The first-order valence-corrected chi connectivity index (χ1v) is 11.4. The molecule has 1 amide bonds. The van der Waals surface area contributed by atoms with Crippen molar-refractivity contribution in [2.45, 2.75) is 26.4 Å². The molecule has 164 valence electrons. The topological polar surface area (TPSA) is 50.8 Å². The highest BCUT2D eigenvalue weighted by Gasteiger charge is 2.19. The van der Waals surface area contributed by atoms with Crippen molar-refractivity contribution in [1.29, 1.82) is 0 Å². The molecule has 5 nitrogen and oxygen atoms in total. The van der Waals surface area contributed by atoms with Crippen LogP contribution in [0.15, 0.2) is 66.0 Å². The van der Waals surface area contributed by atoms with Crippen molar-refractivity contribution in [3.05, 3.63) is 82.0 Å². The Labute approximate surface area is 188 Å². The summed E-state index contributed by atoms with van der Waals surface area (Å²) in [5, 5.41) is 5.26. The fourth-order valence-electron chi connectivity index (χ4n) is 3.45. The molecule has 0 aliphatic heterocycles. The summed E-state index contributed by atoms with van der Waals surface area (Å²) in [5.41, 5.74) is 2.16. The molecule has 1 aromatic heterocycles. The summed E-state index contributed by atoms with van der Waals surface area (Å²) in [4.78, 5) is 16.2.